The molecule has 2 N–H and O–H groups in total. The van der Waals surface area contributed by atoms with Gasteiger partial charge in [0, 0.05) is 17.7 Å². The van der Waals surface area contributed by atoms with Crippen LogP contribution in [0.15, 0.2) is 47.4 Å². The van der Waals surface area contributed by atoms with E-state index >= 15 is 0 Å². The minimum absolute atomic E-state index is 0.132. The van der Waals surface area contributed by atoms with Crippen molar-refractivity contribution in [3.63, 3.8) is 0 Å². The maximum absolute atomic E-state index is 13.3. The van der Waals surface area contributed by atoms with Crippen LogP contribution in [0.5, 0.6) is 0 Å². The van der Waals surface area contributed by atoms with Crippen molar-refractivity contribution < 1.29 is 17.6 Å². The van der Waals surface area contributed by atoms with Crippen molar-refractivity contribution in [1.29, 1.82) is 0 Å². The van der Waals surface area contributed by atoms with Gasteiger partial charge in [-0.3, -0.25) is 4.79 Å². The first kappa shape index (κ1) is 17.3. The van der Waals surface area contributed by atoms with Crippen LogP contribution in [0.3, 0.4) is 0 Å². The Morgan fingerprint density at radius 1 is 1.20 bits per heavy atom. The molecular formula is C18H17FN2O3S. The highest BCUT2D eigenvalue weighted by molar-refractivity contribution is 7.89. The molecule has 1 amide bonds. The molecule has 0 saturated heterocycles. The lowest BCUT2D eigenvalue weighted by molar-refractivity contribution is -0.110. The van der Waals surface area contributed by atoms with Gasteiger partial charge in [0.1, 0.15) is 5.82 Å². The first-order valence-electron chi connectivity index (χ1n) is 7.83. The molecule has 0 atom stereocenters. The number of benzene rings is 2. The average Bonchev–Trinajstić information content (AvgIpc) is 2.88. The first-order valence-corrected chi connectivity index (χ1v) is 9.32. The first-order chi connectivity index (χ1) is 11.9. The second-order valence-corrected chi connectivity index (χ2v) is 7.44. The maximum Gasteiger partial charge on any atom is 0.256 e. The van der Waals surface area contributed by atoms with Gasteiger partial charge in [-0.1, -0.05) is 19.1 Å². The van der Waals surface area contributed by atoms with Crippen LogP contribution in [0.2, 0.25) is 0 Å². The van der Waals surface area contributed by atoms with Crippen LogP contribution in [0.4, 0.5) is 10.1 Å². The van der Waals surface area contributed by atoms with Crippen molar-refractivity contribution in [3.8, 4) is 0 Å². The number of hydrogen-bond donors (Lipinski definition) is 2. The van der Waals surface area contributed by atoms with Gasteiger partial charge in [-0.15, -0.1) is 0 Å². The van der Waals surface area contributed by atoms with E-state index < -0.39 is 15.8 Å². The molecule has 0 fully saturated rings. The summed E-state index contributed by atoms with van der Waals surface area (Å²) in [6.45, 7) is 2.23. The molecule has 1 aliphatic heterocycles. The number of carbonyl (C=O) groups is 1. The fourth-order valence-electron chi connectivity index (χ4n) is 2.57. The normalized spacial score (nSPS) is 15.3. The molecule has 5 nitrogen and oxygen atoms in total. The number of halogens is 1. The summed E-state index contributed by atoms with van der Waals surface area (Å²) in [5.74, 6) is -0.784. The zero-order valence-electron chi connectivity index (χ0n) is 13.5. The molecule has 7 heteroatoms. The molecule has 3 rings (SSSR count). The van der Waals surface area contributed by atoms with Gasteiger partial charge in [0.15, 0.2) is 0 Å². The molecule has 2 aromatic carbocycles. The molecule has 0 aromatic heterocycles. The van der Waals surface area contributed by atoms with Crippen molar-refractivity contribution >= 4 is 33.3 Å². The van der Waals surface area contributed by atoms with Gasteiger partial charge >= 0.3 is 0 Å². The van der Waals surface area contributed by atoms with Crippen molar-refractivity contribution in [2.45, 2.75) is 18.2 Å². The third-order valence-corrected chi connectivity index (χ3v) is 5.24. The summed E-state index contributed by atoms with van der Waals surface area (Å²) in [5.41, 5.74) is 1.93. The van der Waals surface area contributed by atoms with Crippen LogP contribution in [0.25, 0.3) is 11.6 Å². The lowest BCUT2D eigenvalue weighted by atomic mass is 10.0. The highest BCUT2D eigenvalue weighted by Gasteiger charge is 2.24. The molecule has 0 spiro atoms. The molecule has 0 aliphatic carbocycles. The Labute approximate surface area is 145 Å². The third-order valence-electron chi connectivity index (χ3n) is 3.79. The number of nitrogens with one attached hydrogen (secondary N) is 2. The highest BCUT2D eigenvalue weighted by Crippen LogP contribution is 2.33. The molecule has 1 aliphatic rings. The van der Waals surface area contributed by atoms with Crippen LogP contribution in [0, 0.1) is 5.82 Å². The van der Waals surface area contributed by atoms with Gasteiger partial charge in [-0.25, -0.2) is 17.5 Å². The van der Waals surface area contributed by atoms with E-state index in [-0.39, 0.29) is 10.8 Å². The second kappa shape index (κ2) is 6.78. The monoisotopic (exact) mass is 360 g/mol. The highest BCUT2D eigenvalue weighted by atomic mass is 32.2. The predicted octanol–water partition coefficient (Wildman–Crippen LogP) is 3.01. The zero-order valence-corrected chi connectivity index (χ0v) is 14.4. The quantitative estimate of drug-likeness (QED) is 0.805. The summed E-state index contributed by atoms with van der Waals surface area (Å²) in [5, 5.41) is 2.60. The van der Waals surface area contributed by atoms with Crippen LogP contribution in [-0.4, -0.2) is 20.9 Å². The lowest BCUT2D eigenvalue weighted by Gasteiger charge is -2.06. The Balaban J connectivity index is 1.98. The van der Waals surface area contributed by atoms with Crippen LogP contribution in [-0.2, 0) is 14.8 Å². The number of sulfonamides is 1. The van der Waals surface area contributed by atoms with Crippen molar-refractivity contribution in [1.82, 2.24) is 4.72 Å². The Kier molecular flexibility index (Phi) is 4.69. The van der Waals surface area contributed by atoms with E-state index in [1.807, 2.05) is 6.92 Å². The smallest absolute Gasteiger partial charge is 0.256 e. The number of rotatable bonds is 5. The number of amides is 1. The molecule has 0 bridgehead atoms. The summed E-state index contributed by atoms with van der Waals surface area (Å²) >= 11 is 0. The standard InChI is InChI=1S/C18H17FN2O3S/c1-2-8-20-25(23,24)14-5-3-4-12(9-14)10-16-15-7-6-13(19)11-17(15)21-18(16)22/h3-7,9-11,20H,2,8H2,1H3,(H,21,22)/b16-10+. The summed E-state index contributed by atoms with van der Waals surface area (Å²) in [6.07, 6.45) is 2.29. The minimum atomic E-state index is -3.59. The number of hydrogen-bond acceptors (Lipinski definition) is 3. The van der Waals surface area contributed by atoms with E-state index in [1.54, 1.807) is 18.2 Å². The molecule has 2 aromatic rings. The van der Waals surface area contributed by atoms with E-state index in [2.05, 4.69) is 10.0 Å². The molecule has 25 heavy (non-hydrogen) atoms. The topological polar surface area (TPSA) is 75.3 Å². The van der Waals surface area contributed by atoms with E-state index in [9.17, 15) is 17.6 Å². The van der Waals surface area contributed by atoms with Crippen LogP contribution >= 0.6 is 0 Å². The molecule has 1 heterocycles. The summed E-state index contributed by atoms with van der Waals surface area (Å²) < 4.78 is 40.2. The van der Waals surface area contributed by atoms with Crippen molar-refractivity contribution in [3.05, 3.63) is 59.4 Å². The largest absolute Gasteiger partial charge is 0.321 e. The van der Waals surface area contributed by atoms with Gasteiger partial charge < -0.3 is 5.32 Å². The van der Waals surface area contributed by atoms with Crippen molar-refractivity contribution in [2.75, 3.05) is 11.9 Å². The Morgan fingerprint density at radius 2 is 2.00 bits per heavy atom. The van der Waals surface area contributed by atoms with E-state index in [4.69, 9.17) is 0 Å². The molecule has 130 valence electrons. The van der Waals surface area contributed by atoms with Gasteiger partial charge in [-0.2, -0.15) is 0 Å². The SMILES string of the molecule is CCCNS(=O)(=O)c1cccc(/C=C2/C(=O)Nc3cc(F)ccc32)c1. The Bertz CT molecular complexity index is 968. The molecule has 0 radical (unpaired) electrons. The molecule has 0 saturated carbocycles. The Morgan fingerprint density at radius 3 is 2.76 bits per heavy atom. The van der Waals surface area contributed by atoms with Crippen LogP contribution in [0.1, 0.15) is 24.5 Å². The van der Waals surface area contributed by atoms with Gasteiger partial charge in [0.25, 0.3) is 5.91 Å². The third kappa shape index (κ3) is 3.62. The molecule has 0 unspecified atom stereocenters. The van der Waals surface area contributed by atoms with E-state index in [1.165, 1.54) is 30.3 Å². The second-order valence-electron chi connectivity index (χ2n) is 5.67. The minimum Gasteiger partial charge on any atom is -0.321 e. The number of carbonyl (C=O) groups excluding carboxylic acids is 1. The lowest BCUT2D eigenvalue weighted by Crippen LogP contribution is -2.24. The average molecular weight is 360 g/mol. The maximum atomic E-state index is 13.3. The van der Waals surface area contributed by atoms with Crippen molar-refractivity contribution in [2.24, 2.45) is 0 Å². The summed E-state index contributed by atoms with van der Waals surface area (Å²) in [6, 6.07) is 10.4. The van der Waals surface area contributed by atoms with Crippen LogP contribution < -0.4 is 10.0 Å². The van der Waals surface area contributed by atoms with Gasteiger partial charge in [-0.05, 0) is 48.4 Å². The van der Waals surface area contributed by atoms with E-state index in [0.29, 0.717) is 35.4 Å². The van der Waals surface area contributed by atoms with Gasteiger partial charge in [0.2, 0.25) is 10.0 Å². The number of fused-ring (bicyclic) bond motifs is 1. The zero-order chi connectivity index (χ0) is 18.0. The molecular weight excluding hydrogens is 343 g/mol. The summed E-state index contributed by atoms with van der Waals surface area (Å²) in [4.78, 5) is 12.3. The predicted molar refractivity (Wildman–Crippen MR) is 94.8 cm³/mol. The van der Waals surface area contributed by atoms with Gasteiger partial charge in [0.05, 0.1) is 10.6 Å². The fraction of sp³-hybridized carbons (Fsp3) is 0.167. The Hall–Kier alpha value is -2.51. The number of anilines is 1. The van der Waals surface area contributed by atoms with E-state index in [0.717, 1.165) is 0 Å². The summed E-state index contributed by atoms with van der Waals surface area (Å²) in [7, 11) is -3.59. The fourth-order valence-corrected chi connectivity index (χ4v) is 3.76.